The normalized spacial score (nSPS) is 12.0. The molecule has 0 saturated heterocycles. The Balaban J connectivity index is 2.99. The molecule has 0 saturated carbocycles. The molecule has 0 bridgehead atoms. The molecule has 3 nitrogen and oxygen atoms in total. The number of pyridine rings is 1. The Morgan fingerprint density at radius 1 is 1.35 bits per heavy atom. The van der Waals surface area contributed by atoms with Gasteiger partial charge in [0, 0.05) is 36.4 Å². The summed E-state index contributed by atoms with van der Waals surface area (Å²) in [5, 5.41) is 3.32. The van der Waals surface area contributed by atoms with E-state index in [1.165, 1.54) is 0 Å². The summed E-state index contributed by atoms with van der Waals surface area (Å²) in [6, 6.07) is 1.99. The van der Waals surface area contributed by atoms with Crippen LogP contribution in [0, 0.1) is 5.82 Å². The molecule has 1 N–H and O–H groups in total. The van der Waals surface area contributed by atoms with Gasteiger partial charge in [0.05, 0.1) is 0 Å². The summed E-state index contributed by atoms with van der Waals surface area (Å²) in [7, 11) is 0. The van der Waals surface area contributed by atoms with Gasteiger partial charge in [-0.3, -0.25) is 0 Å². The van der Waals surface area contributed by atoms with Gasteiger partial charge >= 0.3 is 0 Å². The summed E-state index contributed by atoms with van der Waals surface area (Å²) in [6.07, 6.45) is 2.67. The summed E-state index contributed by atoms with van der Waals surface area (Å²) in [5.41, 5.74) is 0.642. The number of hydrogen-bond acceptors (Lipinski definition) is 3. The summed E-state index contributed by atoms with van der Waals surface area (Å²) < 4.78 is 14.6. The van der Waals surface area contributed by atoms with Crippen molar-refractivity contribution in [1.29, 1.82) is 0 Å². The molecule has 114 valence electrons. The Hall–Kier alpha value is -1.16. The van der Waals surface area contributed by atoms with Crippen molar-refractivity contribution in [1.82, 2.24) is 10.3 Å². The third-order valence-corrected chi connectivity index (χ3v) is 3.12. The number of rotatable bonds is 6. The first-order chi connectivity index (χ1) is 9.26. The lowest BCUT2D eigenvalue weighted by atomic mass is 10.1. The Bertz CT molecular complexity index is 424. The van der Waals surface area contributed by atoms with E-state index in [4.69, 9.17) is 0 Å². The second-order valence-electron chi connectivity index (χ2n) is 6.50. The van der Waals surface area contributed by atoms with Crippen LogP contribution in [0.1, 0.15) is 53.5 Å². The van der Waals surface area contributed by atoms with E-state index in [1.807, 2.05) is 4.90 Å². The highest BCUT2D eigenvalue weighted by Crippen LogP contribution is 2.22. The highest BCUT2D eigenvalue weighted by Gasteiger charge is 2.19. The van der Waals surface area contributed by atoms with E-state index in [9.17, 15) is 4.39 Å². The van der Waals surface area contributed by atoms with Crippen molar-refractivity contribution in [3.05, 3.63) is 23.6 Å². The zero-order valence-corrected chi connectivity index (χ0v) is 13.6. The van der Waals surface area contributed by atoms with E-state index in [1.54, 1.807) is 12.3 Å². The van der Waals surface area contributed by atoms with Gasteiger partial charge in [-0.05, 0) is 47.1 Å². The van der Waals surface area contributed by atoms with E-state index >= 15 is 0 Å². The van der Waals surface area contributed by atoms with E-state index in [-0.39, 0.29) is 17.4 Å². The van der Waals surface area contributed by atoms with Crippen LogP contribution >= 0.6 is 0 Å². The van der Waals surface area contributed by atoms with Gasteiger partial charge in [-0.15, -0.1) is 0 Å². The van der Waals surface area contributed by atoms with Crippen molar-refractivity contribution in [3.63, 3.8) is 0 Å². The van der Waals surface area contributed by atoms with Crippen LogP contribution in [0.2, 0.25) is 0 Å². The van der Waals surface area contributed by atoms with Gasteiger partial charge < -0.3 is 10.2 Å². The smallest absolute Gasteiger partial charge is 0.170 e. The lowest BCUT2D eigenvalue weighted by molar-refractivity contribution is 0.418. The molecule has 1 aromatic rings. The van der Waals surface area contributed by atoms with Gasteiger partial charge in [0.15, 0.2) is 11.6 Å². The number of anilines is 1. The zero-order chi connectivity index (χ0) is 15.3. The van der Waals surface area contributed by atoms with Crippen molar-refractivity contribution in [3.8, 4) is 0 Å². The van der Waals surface area contributed by atoms with Crippen LogP contribution in [0.5, 0.6) is 0 Å². The molecule has 1 aromatic heterocycles. The van der Waals surface area contributed by atoms with Crippen molar-refractivity contribution in [2.45, 2.75) is 66.1 Å². The number of halogens is 1. The lowest BCUT2D eigenvalue weighted by Crippen LogP contribution is -2.36. The second kappa shape index (κ2) is 7.02. The van der Waals surface area contributed by atoms with Crippen molar-refractivity contribution >= 4 is 5.82 Å². The second-order valence-corrected chi connectivity index (χ2v) is 6.50. The molecule has 0 radical (unpaired) electrons. The monoisotopic (exact) mass is 281 g/mol. The first-order valence-corrected chi connectivity index (χ1v) is 7.41. The highest BCUT2D eigenvalue weighted by molar-refractivity contribution is 5.44. The number of nitrogens with zero attached hydrogens (tertiary/aromatic N) is 2. The summed E-state index contributed by atoms with van der Waals surface area (Å²) >= 11 is 0. The molecule has 1 heterocycles. The fourth-order valence-electron chi connectivity index (χ4n) is 2.02. The number of hydrogen-bond donors (Lipinski definition) is 1. The maximum atomic E-state index is 14.6. The molecule has 0 fully saturated rings. The van der Waals surface area contributed by atoms with E-state index in [0.29, 0.717) is 17.9 Å². The summed E-state index contributed by atoms with van der Waals surface area (Å²) in [6.45, 7) is 13.8. The molecule has 0 aliphatic heterocycles. The van der Waals surface area contributed by atoms with Crippen LogP contribution in [-0.2, 0) is 6.54 Å². The maximum absolute atomic E-state index is 14.6. The molecular weight excluding hydrogens is 253 g/mol. The standard InChI is InChI=1S/C16H28FN3/c1-7-10-20(12(2)3)15-14(17)13(8-9-18-15)11-19-16(4,5)6/h8-9,12,19H,7,10-11H2,1-6H3. The Morgan fingerprint density at radius 3 is 2.50 bits per heavy atom. The molecule has 0 aliphatic carbocycles. The minimum Gasteiger partial charge on any atom is -0.352 e. The molecule has 0 unspecified atom stereocenters. The minimum absolute atomic E-state index is 0.0307. The number of nitrogens with one attached hydrogen (secondary N) is 1. The third-order valence-electron chi connectivity index (χ3n) is 3.12. The lowest BCUT2D eigenvalue weighted by Gasteiger charge is -2.28. The molecule has 0 aliphatic rings. The Kier molecular flexibility index (Phi) is 5.93. The predicted octanol–water partition coefficient (Wildman–Crippen LogP) is 3.73. The van der Waals surface area contributed by atoms with Gasteiger partial charge in [0.2, 0.25) is 0 Å². The molecule has 20 heavy (non-hydrogen) atoms. The number of aromatic nitrogens is 1. The zero-order valence-electron chi connectivity index (χ0n) is 13.6. The van der Waals surface area contributed by atoms with Gasteiger partial charge in [0.25, 0.3) is 0 Å². The first kappa shape index (κ1) is 16.9. The molecule has 4 heteroatoms. The van der Waals surface area contributed by atoms with Crippen LogP contribution in [0.15, 0.2) is 12.3 Å². The third kappa shape index (κ3) is 4.75. The fraction of sp³-hybridized carbons (Fsp3) is 0.688. The fourth-order valence-corrected chi connectivity index (χ4v) is 2.02. The van der Waals surface area contributed by atoms with E-state index in [2.05, 4.69) is 51.8 Å². The molecule has 1 rings (SSSR count). The van der Waals surface area contributed by atoms with Gasteiger partial charge in [0.1, 0.15) is 0 Å². The van der Waals surface area contributed by atoms with Crippen LogP contribution in [0.25, 0.3) is 0 Å². The van der Waals surface area contributed by atoms with Crippen LogP contribution in [-0.4, -0.2) is 23.1 Å². The van der Waals surface area contributed by atoms with E-state index in [0.717, 1.165) is 13.0 Å². The topological polar surface area (TPSA) is 28.2 Å². The predicted molar refractivity (Wildman–Crippen MR) is 83.6 cm³/mol. The first-order valence-electron chi connectivity index (χ1n) is 7.41. The maximum Gasteiger partial charge on any atom is 0.170 e. The van der Waals surface area contributed by atoms with E-state index < -0.39 is 0 Å². The van der Waals surface area contributed by atoms with Crippen LogP contribution in [0.3, 0.4) is 0 Å². The van der Waals surface area contributed by atoms with Crippen molar-refractivity contribution in [2.75, 3.05) is 11.4 Å². The average Bonchev–Trinajstić information content (AvgIpc) is 2.34. The van der Waals surface area contributed by atoms with Crippen molar-refractivity contribution in [2.24, 2.45) is 0 Å². The summed E-state index contributed by atoms with van der Waals surface area (Å²) in [4.78, 5) is 6.27. The molecule has 0 spiro atoms. The van der Waals surface area contributed by atoms with Gasteiger partial charge in [-0.2, -0.15) is 0 Å². The minimum atomic E-state index is -0.202. The van der Waals surface area contributed by atoms with Gasteiger partial charge in [-0.25, -0.2) is 9.37 Å². The van der Waals surface area contributed by atoms with Crippen LogP contribution in [0.4, 0.5) is 10.2 Å². The molecule has 0 aromatic carbocycles. The Morgan fingerprint density at radius 2 is 2.00 bits per heavy atom. The highest BCUT2D eigenvalue weighted by atomic mass is 19.1. The van der Waals surface area contributed by atoms with Crippen LogP contribution < -0.4 is 10.2 Å². The summed E-state index contributed by atoms with van der Waals surface area (Å²) in [5.74, 6) is 0.265. The quantitative estimate of drug-likeness (QED) is 0.861. The molecule has 0 atom stereocenters. The Labute approximate surface area is 122 Å². The molecular formula is C16H28FN3. The molecule has 0 amide bonds. The van der Waals surface area contributed by atoms with Gasteiger partial charge in [-0.1, -0.05) is 6.92 Å². The largest absolute Gasteiger partial charge is 0.352 e. The average molecular weight is 281 g/mol. The van der Waals surface area contributed by atoms with Crippen molar-refractivity contribution < 1.29 is 4.39 Å². The SMILES string of the molecule is CCCN(c1nccc(CNC(C)(C)C)c1F)C(C)C.